The molecule has 0 spiro atoms. The molecule has 1 unspecified atom stereocenters. The standard InChI is InChI=1S/C17H34N2O/c1-15(2)18-13-17(9-5-3-6-10-17)14-19-11-7-4-8-16(19)12-20/h15-16,18,20H,3-14H2,1-2H3. The molecule has 1 atom stereocenters. The van der Waals surface area contributed by atoms with Gasteiger partial charge in [0, 0.05) is 25.2 Å². The van der Waals surface area contributed by atoms with Gasteiger partial charge >= 0.3 is 0 Å². The van der Waals surface area contributed by atoms with Crippen LogP contribution in [-0.2, 0) is 0 Å². The smallest absolute Gasteiger partial charge is 0.0586 e. The number of nitrogens with one attached hydrogen (secondary N) is 1. The third kappa shape index (κ3) is 4.44. The lowest BCUT2D eigenvalue weighted by molar-refractivity contribution is 0.0302. The van der Waals surface area contributed by atoms with E-state index < -0.39 is 0 Å². The molecule has 2 fully saturated rings. The summed E-state index contributed by atoms with van der Waals surface area (Å²) in [4.78, 5) is 2.59. The lowest BCUT2D eigenvalue weighted by Crippen LogP contribution is -2.51. The molecule has 1 aliphatic heterocycles. The van der Waals surface area contributed by atoms with Gasteiger partial charge in [-0.3, -0.25) is 4.90 Å². The number of aliphatic hydroxyl groups is 1. The normalized spacial score (nSPS) is 27.9. The fourth-order valence-corrected chi connectivity index (χ4v) is 4.02. The lowest BCUT2D eigenvalue weighted by atomic mass is 9.73. The van der Waals surface area contributed by atoms with Crippen molar-refractivity contribution in [2.24, 2.45) is 5.41 Å². The molecular formula is C17H34N2O. The highest BCUT2D eigenvalue weighted by molar-refractivity contribution is 4.91. The maximum atomic E-state index is 9.64. The molecule has 2 rings (SSSR count). The van der Waals surface area contributed by atoms with E-state index in [1.54, 1.807) is 0 Å². The van der Waals surface area contributed by atoms with E-state index >= 15 is 0 Å². The van der Waals surface area contributed by atoms with Crippen molar-refractivity contribution >= 4 is 0 Å². The highest BCUT2D eigenvalue weighted by Gasteiger charge is 2.36. The maximum absolute atomic E-state index is 9.64. The average Bonchev–Trinajstić information content (AvgIpc) is 2.47. The molecule has 1 saturated heterocycles. The number of likely N-dealkylation sites (tertiary alicyclic amines) is 1. The molecule has 20 heavy (non-hydrogen) atoms. The molecule has 0 aromatic heterocycles. The Kier molecular flexibility index (Phi) is 6.31. The lowest BCUT2D eigenvalue weighted by Gasteiger charge is -2.45. The minimum atomic E-state index is 0.341. The SMILES string of the molecule is CC(C)NCC1(CN2CCCCC2CO)CCCCC1. The van der Waals surface area contributed by atoms with E-state index in [9.17, 15) is 5.11 Å². The number of piperidine rings is 1. The van der Waals surface area contributed by atoms with Crippen LogP contribution in [0.1, 0.15) is 65.2 Å². The highest BCUT2D eigenvalue weighted by atomic mass is 16.3. The van der Waals surface area contributed by atoms with Crippen LogP contribution >= 0.6 is 0 Å². The van der Waals surface area contributed by atoms with Gasteiger partial charge in [-0.15, -0.1) is 0 Å². The molecule has 118 valence electrons. The molecule has 0 bridgehead atoms. The first-order chi connectivity index (χ1) is 9.65. The summed E-state index contributed by atoms with van der Waals surface area (Å²) in [5.41, 5.74) is 0.452. The van der Waals surface area contributed by atoms with Crippen LogP contribution in [-0.4, -0.2) is 48.3 Å². The summed E-state index contributed by atoms with van der Waals surface area (Å²) in [6, 6.07) is 0.991. The summed E-state index contributed by atoms with van der Waals surface area (Å²) in [6.07, 6.45) is 10.7. The first kappa shape index (κ1) is 16.3. The summed E-state index contributed by atoms with van der Waals surface area (Å²) in [5.74, 6) is 0. The van der Waals surface area contributed by atoms with Crippen LogP contribution in [0.3, 0.4) is 0 Å². The highest BCUT2D eigenvalue weighted by Crippen LogP contribution is 2.38. The second-order valence-corrected chi connectivity index (χ2v) is 7.40. The number of hydrogen-bond donors (Lipinski definition) is 2. The summed E-state index contributed by atoms with van der Waals surface area (Å²) in [7, 11) is 0. The molecule has 1 saturated carbocycles. The largest absolute Gasteiger partial charge is 0.395 e. The summed E-state index contributed by atoms with van der Waals surface area (Å²) in [5, 5.41) is 13.3. The van der Waals surface area contributed by atoms with Crippen LogP contribution in [0.5, 0.6) is 0 Å². The number of aliphatic hydroxyl groups excluding tert-OH is 1. The quantitative estimate of drug-likeness (QED) is 0.786. The van der Waals surface area contributed by atoms with Crippen LogP contribution in [0.2, 0.25) is 0 Å². The van der Waals surface area contributed by atoms with E-state index in [0.717, 1.165) is 6.54 Å². The zero-order valence-electron chi connectivity index (χ0n) is 13.5. The second kappa shape index (κ2) is 7.77. The summed E-state index contributed by atoms with van der Waals surface area (Å²) < 4.78 is 0. The maximum Gasteiger partial charge on any atom is 0.0586 e. The van der Waals surface area contributed by atoms with E-state index in [1.807, 2.05) is 0 Å². The molecule has 1 aliphatic carbocycles. The molecule has 0 amide bonds. The Hall–Kier alpha value is -0.120. The van der Waals surface area contributed by atoms with Gasteiger partial charge in [-0.1, -0.05) is 39.5 Å². The van der Waals surface area contributed by atoms with Crippen molar-refractivity contribution < 1.29 is 5.11 Å². The van der Waals surface area contributed by atoms with E-state index in [1.165, 1.54) is 64.5 Å². The topological polar surface area (TPSA) is 35.5 Å². The minimum Gasteiger partial charge on any atom is -0.395 e. The van der Waals surface area contributed by atoms with E-state index in [0.29, 0.717) is 24.1 Å². The van der Waals surface area contributed by atoms with E-state index in [-0.39, 0.29) is 0 Å². The Bertz CT molecular complexity index is 274. The predicted octanol–water partition coefficient (Wildman–Crippen LogP) is 2.78. The van der Waals surface area contributed by atoms with Crippen molar-refractivity contribution in [2.75, 3.05) is 26.2 Å². The third-order valence-electron chi connectivity index (χ3n) is 5.30. The van der Waals surface area contributed by atoms with Gasteiger partial charge in [0.2, 0.25) is 0 Å². The van der Waals surface area contributed by atoms with Gasteiger partial charge in [-0.25, -0.2) is 0 Å². The van der Waals surface area contributed by atoms with Crippen molar-refractivity contribution in [2.45, 2.75) is 77.3 Å². The van der Waals surface area contributed by atoms with Gasteiger partial charge < -0.3 is 10.4 Å². The van der Waals surface area contributed by atoms with Crippen molar-refractivity contribution in [3.05, 3.63) is 0 Å². The second-order valence-electron chi connectivity index (χ2n) is 7.40. The minimum absolute atomic E-state index is 0.341. The van der Waals surface area contributed by atoms with Crippen LogP contribution in [0.15, 0.2) is 0 Å². The number of hydrogen-bond acceptors (Lipinski definition) is 3. The van der Waals surface area contributed by atoms with Crippen molar-refractivity contribution in [1.82, 2.24) is 10.2 Å². The van der Waals surface area contributed by atoms with Crippen molar-refractivity contribution in [3.63, 3.8) is 0 Å². The summed E-state index contributed by atoms with van der Waals surface area (Å²) >= 11 is 0. The van der Waals surface area contributed by atoms with Gasteiger partial charge in [0.05, 0.1) is 6.61 Å². The van der Waals surface area contributed by atoms with E-state index in [2.05, 4.69) is 24.1 Å². The van der Waals surface area contributed by atoms with Crippen LogP contribution in [0, 0.1) is 5.41 Å². The van der Waals surface area contributed by atoms with Crippen LogP contribution in [0.25, 0.3) is 0 Å². The van der Waals surface area contributed by atoms with Gasteiger partial charge in [-0.2, -0.15) is 0 Å². The predicted molar refractivity (Wildman–Crippen MR) is 85.0 cm³/mol. The van der Waals surface area contributed by atoms with E-state index in [4.69, 9.17) is 0 Å². The molecule has 3 nitrogen and oxygen atoms in total. The molecule has 2 N–H and O–H groups in total. The molecule has 0 aromatic rings. The average molecular weight is 282 g/mol. The molecule has 1 heterocycles. The van der Waals surface area contributed by atoms with Crippen LogP contribution in [0.4, 0.5) is 0 Å². The molecular weight excluding hydrogens is 248 g/mol. The van der Waals surface area contributed by atoms with Gasteiger partial charge in [-0.05, 0) is 37.6 Å². The Morgan fingerprint density at radius 2 is 1.90 bits per heavy atom. The Morgan fingerprint density at radius 1 is 1.15 bits per heavy atom. The Balaban J connectivity index is 1.98. The fourth-order valence-electron chi connectivity index (χ4n) is 4.02. The zero-order chi connectivity index (χ0) is 14.4. The molecule has 2 aliphatic rings. The molecule has 0 radical (unpaired) electrons. The van der Waals surface area contributed by atoms with Crippen LogP contribution < -0.4 is 5.32 Å². The fraction of sp³-hybridized carbons (Fsp3) is 1.00. The van der Waals surface area contributed by atoms with Gasteiger partial charge in [0.25, 0.3) is 0 Å². The third-order valence-corrected chi connectivity index (χ3v) is 5.30. The van der Waals surface area contributed by atoms with Gasteiger partial charge in [0.1, 0.15) is 0 Å². The number of nitrogens with zero attached hydrogens (tertiary/aromatic N) is 1. The Labute approximate surface area is 125 Å². The zero-order valence-corrected chi connectivity index (χ0v) is 13.5. The molecule has 3 heteroatoms. The Morgan fingerprint density at radius 3 is 2.55 bits per heavy atom. The number of rotatable bonds is 6. The van der Waals surface area contributed by atoms with Crippen molar-refractivity contribution in [3.8, 4) is 0 Å². The van der Waals surface area contributed by atoms with Crippen molar-refractivity contribution in [1.29, 1.82) is 0 Å². The molecule has 0 aromatic carbocycles. The summed E-state index contributed by atoms with van der Waals surface area (Å²) in [6.45, 7) is 8.36. The van der Waals surface area contributed by atoms with Gasteiger partial charge in [0.15, 0.2) is 0 Å². The first-order valence-electron chi connectivity index (χ1n) is 8.73. The first-order valence-corrected chi connectivity index (χ1v) is 8.73. The monoisotopic (exact) mass is 282 g/mol.